The lowest BCUT2D eigenvalue weighted by molar-refractivity contribution is -0.114. The quantitative estimate of drug-likeness (QED) is 0.625. The molecule has 2 amide bonds. The standard InChI is InChI=1S/C21H21N5O2/c1-13-5-4-6-14(2)19(13)26-20(28)18-11-12-22-21(25-18)24-17-9-7-16(8-10-17)23-15(3)27/h4-12H,1-3H3,(H,23,27)(H,26,28)(H,22,24,25). The SMILES string of the molecule is CC(=O)Nc1ccc(Nc2nccc(C(=O)Nc3c(C)cccc3C)n2)cc1. The van der Waals surface area contributed by atoms with Crippen LogP contribution in [0.2, 0.25) is 0 Å². The van der Waals surface area contributed by atoms with Gasteiger partial charge in [0.2, 0.25) is 11.9 Å². The first kappa shape index (κ1) is 19.0. The molecule has 0 atom stereocenters. The minimum Gasteiger partial charge on any atom is -0.326 e. The second-order valence-electron chi connectivity index (χ2n) is 6.37. The zero-order chi connectivity index (χ0) is 20.1. The number of aryl methyl sites for hydroxylation is 2. The molecule has 28 heavy (non-hydrogen) atoms. The van der Waals surface area contributed by atoms with E-state index in [9.17, 15) is 9.59 Å². The number of para-hydroxylation sites is 1. The Morgan fingerprint density at radius 1 is 0.857 bits per heavy atom. The van der Waals surface area contributed by atoms with Crippen LogP contribution in [0.3, 0.4) is 0 Å². The van der Waals surface area contributed by atoms with E-state index < -0.39 is 0 Å². The van der Waals surface area contributed by atoms with Gasteiger partial charge in [-0.15, -0.1) is 0 Å². The fourth-order valence-electron chi connectivity index (χ4n) is 2.70. The number of benzene rings is 2. The number of nitrogens with one attached hydrogen (secondary N) is 3. The normalized spacial score (nSPS) is 10.2. The summed E-state index contributed by atoms with van der Waals surface area (Å²) in [6.07, 6.45) is 1.53. The van der Waals surface area contributed by atoms with Crippen molar-refractivity contribution in [2.75, 3.05) is 16.0 Å². The Morgan fingerprint density at radius 3 is 2.14 bits per heavy atom. The highest BCUT2D eigenvalue weighted by Gasteiger charge is 2.12. The van der Waals surface area contributed by atoms with Gasteiger partial charge < -0.3 is 16.0 Å². The average Bonchev–Trinajstić information content (AvgIpc) is 2.66. The van der Waals surface area contributed by atoms with Gasteiger partial charge in [-0.05, 0) is 55.3 Å². The molecule has 3 rings (SSSR count). The largest absolute Gasteiger partial charge is 0.326 e. The van der Waals surface area contributed by atoms with E-state index in [-0.39, 0.29) is 17.5 Å². The van der Waals surface area contributed by atoms with Crippen LogP contribution >= 0.6 is 0 Å². The van der Waals surface area contributed by atoms with E-state index >= 15 is 0 Å². The summed E-state index contributed by atoms with van der Waals surface area (Å²) >= 11 is 0. The van der Waals surface area contributed by atoms with E-state index in [2.05, 4.69) is 25.9 Å². The van der Waals surface area contributed by atoms with Crippen LogP contribution in [-0.4, -0.2) is 21.8 Å². The summed E-state index contributed by atoms with van der Waals surface area (Å²) in [4.78, 5) is 32.1. The van der Waals surface area contributed by atoms with Crippen LogP contribution < -0.4 is 16.0 Å². The lowest BCUT2D eigenvalue weighted by atomic mass is 10.1. The van der Waals surface area contributed by atoms with Gasteiger partial charge in [-0.2, -0.15) is 0 Å². The molecule has 1 aromatic heterocycles. The van der Waals surface area contributed by atoms with Gasteiger partial charge in [0.15, 0.2) is 0 Å². The predicted molar refractivity (Wildman–Crippen MR) is 110 cm³/mol. The molecule has 2 aromatic carbocycles. The monoisotopic (exact) mass is 375 g/mol. The second-order valence-corrected chi connectivity index (χ2v) is 6.37. The maximum absolute atomic E-state index is 12.6. The van der Waals surface area contributed by atoms with E-state index in [0.29, 0.717) is 11.6 Å². The summed E-state index contributed by atoms with van der Waals surface area (Å²) in [6.45, 7) is 5.34. The first-order valence-electron chi connectivity index (χ1n) is 8.77. The summed E-state index contributed by atoms with van der Waals surface area (Å²) in [6, 6.07) is 14.5. The molecule has 0 bridgehead atoms. The van der Waals surface area contributed by atoms with Crippen LogP contribution in [0.4, 0.5) is 23.0 Å². The molecule has 3 aromatic rings. The van der Waals surface area contributed by atoms with Crippen LogP contribution in [0.25, 0.3) is 0 Å². The lowest BCUT2D eigenvalue weighted by Gasteiger charge is -2.11. The summed E-state index contributed by atoms with van der Waals surface area (Å²) in [5.74, 6) is -0.128. The van der Waals surface area contributed by atoms with Gasteiger partial charge in [0.25, 0.3) is 5.91 Å². The number of rotatable bonds is 5. The molecule has 7 nitrogen and oxygen atoms in total. The fraction of sp³-hybridized carbons (Fsp3) is 0.143. The Bertz CT molecular complexity index is 995. The highest BCUT2D eigenvalue weighted by Crippen LogP contribution is 2.21. The molecule has 7 heteroatoms. The molecule has 0 aliphatic rings. The van der Waals surface area contributed by atoms with Gasteiger partial charge in [0.05, 0.1) is 0 Å². The predicted octanol–water partition coefficient (Wildman–Crippen LogP) is 4.05. The van der Waals surface area contributed by atoms with Crippen molar-refractivity contribution in [3.63, 3.8) is 0 Å². The minimum atomic E-state index is -0.302. The van der Waals surface area contributed by atoms with Crippen molar-refractivity contribution >= 4 is 34.8 Å². The van der Waals surface area contributed by atoms with Gasteiger partial charge in [0, 0.05) is 30.2 Å². The third kappa shape index (κ3) is 4.70. The Hall–Kier alpha value is -3.74. The number of nitrogens with zero attached hydrogens (tertiary/aromatic N) is 2. The zero-order valence-electron chi connectivity index (χ0n) is 15.9. The molecular weight excluding hydrogens is 354 g/mol. The van der Waals surface area contributed by atoms with E-state index in [0.717, 1.165) is 22.5 Å². The van der Waals surface area contributed by atoms with Crippen molar-refractivity contribution in [3.8, 4) is 0 Å². The molecule has 0 spiro atoms. The van der Waals surface area contributed by atoms with E-state index in [1.807, 2.05) is 32.0 Å². The smallest absolute Gasteiger partial charge is 0.274 e. The second kappa shape index (κ2) is 8.30. The van der Waals surface area contributed by atoms with Crippen molar-refractivity contribution in [3.05, 3.63) is 71.5 Å². The van der Waals surface area contributed by atoms with Crippen LogP contribution in [0, 0.1) is 13.8 Å². The van der Waals surface area contributed by atoms with Gasteiger partial charge in [-0.25, -0.2) is 9.97 Å². The Balaban J connectivity index is 1.73. The Labute approximate surface area is 163 Å². The summed E-state index contributed by atoms with van der Waals surface area (Å²) in [5.41, 5.74) is 4.45. The number of carbonyl (C=O) groups is 2. The minimum absolute atomic E-state index is 0.133. The number of carbonyl (C=O) groups excluding carboxylic acids is 2. The van der Waals surface area contributed by atoms with E-state index in [4.69, 9.17) is 0 Å². The highest BCUT2D eigenvalue weighted by atomic mass is 16.2. The van der Waals surface area contributed by atoms with Crippen LogP contribution in [-0.2, 0) is 4.79 Å². The van der Waals surface area contributed by atoms with Crippen molar-refractivity contribution in [2.24, 2.45) is 0 Å². The molecule has 142 valence electrons. The molecule has 0 fully saturated rings. The zero-order valence-corrected chi connectivity index (χ0v) is 15.9. The third-order valence-electron chi connectivity index (χ3n) is 4.07. The molecule has 3 N–H and O–H groups in total. The maximum Gasteiger partial charge on any atom is 0.274 e. The van der Waals surface area contributed by atoms with Gasteiger partial charge in [-0.3, -0.25) is 9.59 Å². The summed E-state index contributed by atoms with van der Waals surface area (Å²) in [5, 5.41) is 8.67. The highest BCUT2D eigenvalue weighted by molar-refractivity contribution is 6.03. The number of aromatic nitrogens is 2. The average molecular weight is 375 g/mol. The molecule has 0 aliphatic carbocycles. The molecule has 0 aliphatic heterocycles. The van der Waals surface area contributed by atoms with Crippen molar-refractivity contribution < 1.29 is 9.59 Å². The number of amides is 2. The van der Waals surface area contributed by atoms with Crippen molar-refractivity contribution in [2.45, 2.75) is 20.8 Å². The summed E-state index contributed by atoms with van der Waals surface area (Å²) in [7, 11) is 0. The van der Waals surface area contributed by atoms with Gasteiger partial charge in [-0.1, -0.05) is 18.2 Å². The first-order chi connectivity index (χ1) is 13.4. The van der Waals surface area contributed by atoms with Gasteiger partial charge >= 0.3 is 0 Å². The van der Waals surface area contributed by atoms with E-state index in [1.165, 1.54) is 13.1 Å². The number of hydrogen-bond donors (Lipinski definition) is 3. The third-order valence-corrected chi connectivity index (χ3v) is 4.07. The van der Waals surface area contributed by atoms with E-state index in [1.54, 1.807) is 30.3 Å². The molecule has 0 unspecified atom stereocenters. The summed E-state index contributed by atoms with van der Waals surface area (Å²) < 4.78 is 0. The number of hydrogen-bond acceptors (Lipinski definition) is 5. The Morgan fingerprint density at radius 2 is 1.50 bits per heavy atom. The molecular formula is C21H21N5O2. The van der Waals surface area contributed by atoms with Crippen LogP contribution in [0.15, 0.2) is 54.7 Å². The van der Waals surface area contributed by atoms with Gasteiger partial charge in [0.1, 0.15) is 5.69 Å². The molecule has 0 radical (unpaired) electrons. The maximum atomic E-state index is 12.6. The topological polar surface area (TPSA) is 96.0 Å². The van der Waals surface area contributed by atoms with Crippen molar-refractivity contribution in [1.29, 1.82) is 0 Å². The fourth-order valence-corrected chi connectivity index (χ4v) is 2.70. The van der Waals surface area contributed by atoms with Crippen LogP contribution in [0.5, 0.6) is 0 Å². The van der Waals surface area contributed by atoms with Crippen LogP contribution in [0.1, 0.15) is 28.5 Å². The molecule has 0 saturated carbocycles. The Kier molecular flexibility index (Phi) is 5.64. The first-order valence-corrected chi connectivity index (χ1v) is 8.77. The number of anilines is 4. The molecule has 1 heterocycles. The molecule has 0 saturated heterocycles. The van der Waals surface area contributed by atoms with Crippen molar-refractivity contribution in [1.82, 2.24) is 9.97 Å². The lowest BCUT2D eigenvalue weighted by Crippen LogP contribution is -2.16.